The topological polar surface area (TPSA) is 71.2 Å². The molecule has 2 aliphatic rings. The number of benzene rings is 1. The van der Waals surface area contributed by atoms with Gasteiger partial charge in [-0.05, 0) is 37.1 Å². The van der Waals surface area contributed by atoms with Crippen LogP contribution in [0, 0.1) is 16.0 Å². The van der Waals surface area contributed by atoms with Gasteiger partial charge in [0.05, 0.1) is 22.8 Å². The molecular weight excluding hydrogens is 379 g/mol. The predicted molar refractivity (Wildman–Crippen MR) is 102 cm³/mol. The van der Waals surface area contributed by atoms with E-state index in [2.05, 4.69) is 5.10 Å². The van der Waals surface area contributed by atoms with E-state index in [4.69, 9.17) is 27.9 Å². The molecule has 140 valence electrons. The van der Waals surface area contributed by atoms with Gasteiger partial charge in [0.2, 0.25) is 0 Å². The fraction of sp³-hybridized carbons (Fsp3) is 0.471. The zero-order valence-corrected chi connectivity index (χ0v) is 15.9. The van der Waals surface area contributed by atoms with Gasteiger partial charge in [-0.3, -0.25) is 0 Å². The van der Waals surface area contributed by atoms with Gasteiger partial charge in [-0.15, -0.1) is 0 Å². The fourth-order valence-corrected chi connectivity index (χ4v) is 3.56. The average Bonchev–Trinajstić information content (AvgIpc) is 3.15. The van der Waals surface area contributed by atoms with Crippen LogP contribution < -0.4 is 0 Å². The van der Waals surface area contributed by atoms with Crippen LogP contribution in [0.15, 0.2) is 29.5 Å². The molecule has 7 nitrogen and oxygen atoms in total. The zero-order valence-electron chi connectivity index (χ0n) is 14.3. The van der Waals surface area contributed by atoms with Gasteiger partial charge in [0.1, 0.15) is 5.10 Å². The maximum absolute atomic E-state index is 11.0. The Morgan fingerprint density at radius 2 is 2.19 bits per heavy atom. The molecule has 0 radical (unpaired) electrons. The molecule has 3 rings (SSSR count). The summed E-state index contributed by atoms with van der Waals surface area (Å²) in [5.41, 5.74) is 0.858. The van der Waals surface area contributed by atoms with Crippen molar-refractivity contribution in [3.8, 4) is 0 Å². The van der Waals surface area contributed by atoms with Crippen LogP contribution in [0.5, 0.6) is 0 Å². The van der Waals surface area contributed by atoms with Gasteiger partial charge in [0.15, 0.2) is 5.03 Å². The van der Waals surface area contributed by atoms with Gasteiger partial charge >= 0.3 is 0 Å². The molecule has 0 saturated carbocycles. The summed E-state index contributed by atoms with van der Waals surface area (Å²) in [4.78, 5) is 14.7. The first kappa shape index (κ1) is 18.9. The van der Waals surface area contributed by atoms with Gasteiger partial charge in [-0.25, -0.2) is 10.1 Å². The third-order valence-electron chi connectivity index (χ3n) is 4.47. The lowest BCUT2D eigenvalue weighted by molar-refractivity contribution is -0.486. The van der Waals surface area contributed by atoms with Crippen LogP contribution in [0.4, 0.5) is 0 Å². The molecule has 2 unspecified atom stereocenters. The smallest absolute Gasteiger partial charge is 0.278 e. The Kier molecular flexibility index (Phi) is 6.01. The molecule has 0 N–H and O–H groups in total. The Morgan fingerprint density at radius 1 is 1.38 bits per heavy atom. The highest BCUT2D eigenvalue weighted by Gasteiger charge is 2.32. The van der Waals surface area contributed by atoms with E-state index >= 15 is 0 Å². The van der Waals surface area contributed by atoms with Crippen LogP contribution >= 0.6 is 23.2 Å². The number of rotatable bonds is 5. The summed E-state index contributed by atoms with van der Waals surface area (Å²) in [6.07, 6.45) is 4.82. The number of ether oxygens (including phenoxy) is 1. The standard InChI is InChI=1S/C17H20Cl2N4O3/c1-12-8-14(11-26-12)10-22-7-6-21(17(22)20-23(24)25)5-4-13-2-3-15(18)16(19)9-13/h2-5,9,12,14H,6-8,10-11H2,1H3. The first-order chi connectivity index (χ1) is 12.4. The molecule has 2 saturated heterocycles. The fourth-order valence-electron chi connectivity index (χ4n) is 3.25. The van der Waals surface area contributed by atoms with Crippen LogP contribution in [0.1, 0.15) is 18.9 Å². The second-order valence-corrected chi connectivity index (χ2v) is 7.33. The van der Waals surface area contributed by atoms with Crippen LogP contribution in [-0.4, -0.2) is 53.1 Å². The molecule has 9 heteroatoms. The summed E-state index contributed by atoms with van der Waals surface area (Å²) in [6, 6.07) is 5.29. The highest BCUT2D eigenvalue weighted by molar-refractivity contribution is 6.42. The highest BCUT2D eigenvalue weighted by Crippen LogP contribution is 2.24. The van der Waals surface area contributed by atoms with Crippen molar-refractivity contribution in [3.05, 3.63) is 50.1 Å². The molecule has 2 atom stereocenters. The van der Waals surface area contributed by atoms with Crippen molar-refractivity contribution in [1.82, 2.24) is 9.80 Å². The summed E-state index contributed by atoms with van der Waals surface area (Å²) in [5.74, 6) is 0.715. The second-order valence-electron chi connectivity index (χ2n) is 6.51. The largest absolute Gasteiger partial charge is 0.378 e. The summed E-state index contributed by atoms with van der Waals surface area (Å²) in [7, 11) is 0. The van der Waals surface area contributed by atoms with Crippen molar-refractivity contribution in [1.29, 1.82) is 0 Å². The average molecular weight is 399 g/mol. The summed E-state index contributed by atoms with van der Waals surface area (Å²) < 4.78 is 5.59. The Bertz CT molecular complexity index is 741. The molecule has 0 bridgehead atoms. The molecular formula is C17H20Cl2N4O3. The lowest BCUT2D eigenvalue weighted by Gasteiger charge is -2.21. The Labute approximate surface area is 162 Å². The van der Waals surface area contributed by atoms with Crippen LogP contribution in [0.3, 0.4) is 0 Å². The lowest BCUT2D eigenvalue weighted by atomic mass is 10.1. The number of guanidine groups is 1. The predicted octanol–water partition coefficient (Wildman–Crippen LogP) is 3.55. The van der Waals surface area contributed by atoms with Crippen molar-refractivity contribution in [2.75, 3.05) is 26.2 Å². The second kappa shape index (κ2) is 8.24. The molecule has 26 heavy (non-hydrogen) atoms. The third kappa shape index (κ3) is 4.66. The summed E-state index contributed by atoms with van der Waals surface area (Å²) in [6.45, 7) is 4.75. The van der Waals surface area contributed by atoms with Crippen molar-refractivity contribution in [3.63, 3.8) is 0 Å². The number of hydrazone groups is 1. The molecule has 2 aliphatic heterocycles. The Morgan fingerprint density at radius 3 is 2.85 bits per heavy atom. The van der Waals surface area contributed by atoms with E-state index < -0.39 is 5.03 Å². The van der Waals surface area contributed by atoms with Crippen LogP contribution in [0.25, 0.3) is 6.08 Å². The summed E-state index contributed by atoms with van der Waals surface area (Å²) >= 11 is 11.9. The van der Waals surface area contributed by atoms with Crippen LogP contribution in [-0.2, 0) is 4.74 Å². The van der Waals surface area contributed by atoms with Gasteiger partial charge < -0.3 is 14.5 Å². The van der Waals surface area contributed by atoms with Crippen molar-refractivity contribution >= 4 is 35.2 Å². The normalized spacial score (nSPS) is 25.0. The minimum Gasteiger partial charge on any atom is -0.378 e. The first-order valence-electron chi connectivity index (χ1n) is 8.42. The van der Waals surface area contributed by atoms with Crippen LogP contribution in [0.2, 0.25) is 10.0 Å². The number of nitrogens with zero attached hydrogens (tertiary/aromatic N) is 4. The molecule has 2 fully saturated rings. The third-order valence-corrected chi connectivity index (χ3v) is 5.21. The quantitative estimate of drug-likeness (QED) is 0.559. The Hall–Kier alpha value is -1.83. The van der Waals surface area contributed by atoms with E-state index in [0.717, 1.165) is 12.0 Å². The van der Waals surface area contributed by atoms with Crippen molar-refractivity contribution < 1.29 is 9.77 Å². The Balaban J connectivity index is 1.72. The minimum atomic E-state index is -0.651. The maximum atomic E-state index is 11.0. The highest BCUT2D eigenvalue weighted by atomic mass is 35.5. The van der Waals surface area contributed by atoms with E-state index in [1.807, 2.05) is 24.0 Å². The van der Waals surface area contributed by atoms with E-state index in [-0.39, 0.29) is 6.10 Å². The number of hydrogen-bond donors (Lipinski definition) is 0. The van der Waals surface area contributed by atoms with E-state index in [0.29, 0.717) is 48.2 Å². The number of hydrogen-bond acceptors (Lipinski definition) is 3. The number of nitro groups is 1. The first-order valence-corrected chi connectivity index (χ1v) is 9.17. The van der Waals surface area contributed by atoms with Crippen molar-refractivity contribution in [2.45, 2.75) is 19.4 Å². The van der Waals surface area contributed by atoms with Gasteiger partial charge in [0, 0.05) is 31.8 Å². The molecule has 0 amide bonds. The van der Waals surface area contributed by atoms with E-state index in [1.54, 1.807) is 23.2 Å². The zero-order chi connectivity index (χ0) is 18.7. The molecule has 2 heterocycles. The van der Waals surface area contributed by atoms with E-state index in [9.17, 15) is 10.1 Å². The van der Waals surface area contributed by atoms with Crippen molar-refractivity contribution in [2.24, 2.45) is 11.0 Å². The SMILES string of the molecule is CC1CC(CN2CCN(C=Cc3ccc(Cl)c(Cl)c3)C2=N[N+](=O)[O-])CO1. The monoisotopic (exact) mass is 398 g/mol. The molecule has 1 aromatic carbocycles. The molecule has 0 aliphatic carbocycles. The summed E-state index contributed by atoms with van der Waals surface area (Å²) in [5, 5.41) is 14.9. The maximum Gasteiger partial charge on any atom is 0.278 e. The van der Waals surface area contributed by atoms with Gasteiger partial charge in [-0.2, -0.15) is 0 Å². The number of halogens is 2. The van der Waals surface area contributed by atoms with Gasteiger partial charge in [0.25, 0.3) is 5.96 Å². The van der Waals surface area contributed by atoms with E-state index in [1.165, 1.54) is 0 Å². The molecule has 0 aromatic heterocycles. The van der Waals surface area contributed by atoms with Gasteiger partial charge in [-0.1, -0.05) is 29.3 Å². The molecule has 0 spiro atoms. The lowest BCUT2D eigenvalue weighted by Crippen LogP contribution is -2.35. The minimum absolute atomic E-state index is 0.240. The molecule has 1 aromatic rings.